The highest BCUT2D eigenvalue weighted by Gasteiger charge is 2.33. The van der Waals surface area contributed by atoms with Crippen LogP contribution in [0.4, 0.5) is 26.0 Å². The molecule has 10 heteroatoms. The molecule has 3 heterocycles. The second kappa shape index (κ2) is 11.0. The number of aromatic nitrogens is 2. The number of hydrogen-bond donors (Lipinski definition) is 3. The van der Waals surface area contributed by atoms with Crippen LogP contribution in [0.2, 0.25) is 0 Å². The van der Waals surface area contributed by atoms with Gasteiger partial charge < -0.3 is 15.6 Å². The summed E-state index contributed by atoms with van der Waals surface area (Å²) in [6.07, 6.45) is 5.00. The smallest absolute Gasteiger partial charge is 0.250 e. The first-order chi connectivity index (χ1) is 17.2. The van der Waals surface area contributed by atoms with Crippen molar-refractivity contribution in [3.8, 4) is 11.1 Å². The minimum atomic E-state index is -2.57. The number of hydrazine groups is 1. The Morgan fingerprint density at radius 3 is 2.53 bits per heavy atom. The fourth-order valence-electron chi connectivity index (χ4n) is 4.19. The van der Waals surface area contributed by atoms with Gasteiger partial charge in [0.2, 0.25) is 5.91 Å². The van der Waals surface area contributed by atoms with Gasteiger partial charge in [-0.25, -0.2) is 13.8 Å². The van der Waals surface area contributed by atoms with E-state index in [1.165, 1.54) is 0 Å². The third kappa shape index (κ3) is 6.52. The van der Waals surface area contributed by atoms with Crippen LogP contribution >= 0.6 is 0 Å². The molecule has 0 atom stereocenters. The highest BCUT2D eigenvalue weighted by atomic mass is 19.3. The quantitative estimate of drug-likeness (QED) is 0.322. The molecule has 0 aliphatic carbocycles. The number of piperidine rings is 1. The summed E-state index contributed by atoms with van der Waals surface area (Å²) in [7, 11) is 3.80. The Morgan fingerprint density at radius 2 is 1.86 bits per heavy atom. The van der Waals surface area contributed by atoms with Crippen molar-refractivity contribution in [1.29, 1.82) is 0 Å². The van der Waals surface area contributed by atoms with Gasteiger partial charge in [-0.3, -0.25) is 20.5 Å². The molecule has 1 aliphatic heterocycles. The number of nitrogens with one attached hydrogen (secondary N) is 2. The lowest BCUT2D eigenvalue weighted by Gasteiger charge is -2.31. The Labute approximate surface area is 209 Å². The van der Waals surface area contributed by atoms with E-state index in [4.69, 9.17) is 5.84 Å². The van der Waals surface area contributed by atoms with Crippen molar-refractivity contribution in [2.75, 3.05) is 42.8 Å². The molecule has 1 saturated heterocycles. The number of halogens is 2. The number of nitrogen functional groups attached to an aromatic ring is 1. The van der Waals surface area contributed by atoms with Crippen LogP contribution in [-0.2, 0) is 17.8 Å². The molecule has 1 aromatic carbocycles. The summed E-state index contributed by atoms with van der Waals surface area (Å²) in [6.45, 7) is 1.29. The lowest BCUT2D eigenvalue weighted by atomic mass is 10.00. The van der Waals surface area contributed by atoms with Gasteiger partial charge in [0.25, 0.3) is 5.92 Å². The van der Waals surface area contributed by atoms with Crippen LogP contribution in [0.3, 0.4) is 0 Å². The molecule has 4 rings (SSSR count). The molecule has 1 aliphatic rings. The third-order valence-electron chi connectivity index (χ3n) is 6.22. The predicted molar refractivity (Wildman–Crippen MR) is 138 cm³/mol. The molecule has 190 valence electrons. The second-order valence-corrected chi connectivity index (χ2v) is 9.25. The van der Waals surface area contributed by atoms with Gasteiger partial charge in [0.15, 0.2) is 0 Å². The highest BCUT2D eigenvalue weighted by molar-refractivity contribution is 5.93. The monoisotopic (exact) mass is 495 g/mol. The first-order valence-electron chi connectivity index (χ1n) is 11.8. The van der Waals surface area contributed by atoms with E-state index in [1.807, 2.05) is 54.2 Å². The largest absolute Gasteiger partial charge is 0.363 e. The van der Waals surface area contributed by atoms with Crippen LogP contribution in [0, 0.1) is 0 Å². The number of nitrogens with zero attached hydrogens (tertiary/aromatic N) is 4. The summed E-state index contributed by atoms with van der Waals surface area (Å²) in [4.78, 5) is 25.3. The summed E-state index contributed by atoms with van der Waals surface area (Å²) >= 11 is 0. The van der Waals surface area contributed by atoms with E-state index < -0.39 is 5.92 Å². The van der Waals surface area contributed by atoms with E-state index >= 15 is 0 Å². The van der Waals surface area contributed by atoms with Gasteiger partial charge in [0.1, 0.15) is 5.82 Å². The number of carbonyl (C=O) groups excluding carboxylic acids is 1. The molecule has 0 radical (unpaired) electrons. The van der Waals surface area contributed by atoms with E-state index in [9.17, 15) is 13.6 Å². The molecular weight excluding hydrogens is 464 g/mol. The van der Waals surface area contributed by atoms with Crippen molar-refractivity contribution < 1.29 is 13.6 Å². The van der Waals surface area contributed by atoms with Gasteiger partial charge in [-0.05, 0) is 47.0 Å². The Morgan fingerprint density at radius 1 is 1.08 bits per heavy atom. The molecule has 1 amide bonds. The van der Waals surface area contributed by atoms with Crippen molar-refractivity contribution in [2.45, 2.75) is 31.7 Å². The molecule has 0 spiro atoms. The van der Waals surface area contributed by atoms with Gasteiger partial charge in [-0.15, -0.1) is 0 Å². The Balaban J connectivity index is 1.46. The SMILES string of the molecule is CN(C)c1ccc(NC(=O)Cc2cc(-c3cncc(CN4CCC(F)(F)CC4)c3)ccc2NN)cn1. The maximum atomic E-state index is 13.5. The van der Waals surface area contributed by atoms with Crippen LogP contribution < -0.4 is 21.5 Å². The van der Waals surface area contributed by atoms with Crippen LogP contribution in [0.25, 0.3) is 11.1 Å². The summed E-state index contributed by atoms with van der Waals surface area (Å²) < 4.78 is 26.9. The molecule has 0 bridgehead atoms. The minimum Gasteiger partial charge on any atom is -0.363 e. The summed E-state index contributed by atoms with van der Waals surface area (Å²) in [6, 6.07) is 11.3. The number of benzene rings is 1. The molecule has 4 N–H and O–H groups in total. The third-order valence-corrected chi connectivity index (χ3v) is 6.22. The molecule has 0 saturated carbocycles. The number of carbonyl (C=O) groups is 1. The molecule has 3 aromatic rings. The van der Waals surface area contributed by atoms with Gasteiger partial charge in [-0.1, -0.05) is 6.07 Å². The van der Waals surface area contributed by atoms with Gasteiger partial charge >= 0.3 is 0 Å². The van der Waals surface area contributed by atoms with Crippen molar-refractivity contribution in [3.63, 3.8) is 0 Å². The van der Waals surface area contributed by atoms with Crippen molar-refractivity contribution in [2.24, 2.45) is 5.84 Å². The van der Waals surface area contributed by atoms with Gasteiger partial charge in [0, 0.05) is 64.5 Å². The van der Waals surface area contributed by atoms with Gasteiger partial charge in [-0.2, -0.15) is 0 Å². The van der Waals surface area contributed by atoms with E-state index in [-0.39, 0.29) is 25.2 Å². The van der Waals surface area contributed by atoms with Crippen LogP contribution in [-0.4, -0.2) is 53.9 Å². The highest BCUT2D eigenvalue weighted by Crippen LogP contribution is 2.29. The predicted octanol–water partition coefficient (Wildman–Crippen LogP) is 3.91. The molecular formula is C26H31F2N7O. The number of hydrogen-bond acceptors (Lipinski definition) is 7. The summed E-state index contributed by atoms with van der Waals surface area (Å²) in [5.41, 5.74) is 7.35. The van der Waals surface area contributed by atoms with E-state index in [0.29, 0.717) is 31.0 Å². The molecule has 8 nitrogen and oxygen atoms in total. The number of likely N-dealkylation sites (tertiary alicyclic amines) is 1. The van der Waals surface area contributed by atoms with E-state index in [1.54, 1.807) is 24.7 Å². The topological polar surface area (TPSA) is 99.4 Å². The number of anilines is 3. The molecule has 2 aromatic heterocycles. The number of alkyl halides is 2. The van der Waals surface area contributed by atoms with Crippen LogP contribution in [0.5, 0.6) is 0 Å². The Kier molecular flexibility index (Phi) is 7.76. The first kappa shape index (κ1) is 25.5. The molecule has 0 unspecified atom stereocenters. The average Bonchev–Trinajstić information content (AvgIpc) is 2.86. The lowest BCUT2D eigenvalue weighted by molar-refractivity contribution is -0.115. The van der Waals surface area contributed by atoms with Crippen LogP contribution in [0.1, 0.15) is 24.0 Å². The fraction of sp³-hybridized carbons (Fsp3) is 0.346. The zero-order valence-electron chi connectivity index (χ0n) is 20.5. The zero-order valence-corrected chi connectivity index (χ0v) is 20.5. The lowest BCUT2D eigenvalue weighted by Crippen LogP contribution is -2.38. The number of amides is 1. The van der Waals surface area contributed by atoms with E-state index in [2.05, 4.69) is 20.7 Å². The maximum absolute atomic E-state index is 13.5. The Hall–Kier alpha value is -3.63. The fourth-order valence-corrected chi connectivity index (χ4v) is 4.19. The van der Waals surface area contributed by atoms with Crippen LogP contribution in [0.15, 0.2) is 55.0 Å². The van der Waals surface area contributed by atoms with E-state index in [0.717, 1.165) is 28.1 Å². The number of rotatable bonds is 8. The number of nitrogens with two attached hydrogens (primary N) is 1. The average molecular weight is 496 g/mol. The molecule has 36 heavy (non-hydrogen) atoms. The summed E-state index contributed by atoms with van der Waals surface area (Å²) in [5.74, 6) is 3.73. The van der Waals surface area contributed by atoms with Crippen molar-refractivity contribution in [3.05, 3.63) is 66.1 Å². The zero-order chi connectivity index (χ0) is 25.7. The second-order valence-electron chi connectivity index (χ2n) is 9.25. The number of pyridine rings is 2. The first-order valence-corrected chi connectivity index (χ1v) is 11.8. The maximum Gasteiger partial charge on any atom is 0.250 e. The standard InChI is InChI=1S/C26H31F2N7O/c1-34(2)24-6-4-22(16-31-24)32-25(36)13-20-12-19(3-5-23(20)33-29)21-11-18(14-30-15-21)17-35-9-7-26(27,28)8-10-35/h3-6,11-12,14-16,33H,7-10,13,17,29H2,1-2H3,(H,32,36). The van der Waals surface area contributed by atoms with Gasteiger partial charge in [0.05, 0.1) is 24.0 Å². The normalized spacial score (nSPS) is 15.4. The van der Waals surface area contributed by atoms with Crippen molar-refractivity contribution in [1.82, 2.24) is 14.9 Å². The minimum absolute atomic E-state index is 0.109. The molecule has 1 fully saturated rings. The van der Waals surface area contributed by atoms with Crippen molar-refractivity contribution >= 4 is 23.1 Å². The Bertz CT molecular complexity index is 1190. The summed E-state index contributed by atoms with van der Waals surface area (Å²) in [5, 5.41) is 2.87.